The summed E-state index contributed by atoms with van der Waals surface area (Å²) in [7, 11) is -1.64. The Bertz CT molecular complexity index is 957. The largest absolute Gasteiger partial charge is 0.492 e. The van der Waals surface area contributed by atoms with E-state index in [1.54, 1.807) is 41.5 Å². The van der Waals surface area contributed by atoms with Crippen LogP contribution in [0.5, 0.6) is 5.75 Å². The van der Waals surface area contributed by atoms with E-state index in [1.807, 2.05) is 0 Å². The minimum absolute atomic E-state index is 0.0613. The maximum Gasteiger partial charge on any atom is 0.425 e. The standard InChI is InChI=1S/C22H35N3O7S/c1-21(2,3)31-19(26)25(20(27)32-22(4,5)6)18-17(33(8,28)23-7)11-16(12-24-18)30-10-9-15-13-29-14-15/h11-12,15H,9-10,13-14H2,1-8H3. The molecule has 0 bridgehead atoms. The van der Waals surface area contributed by atoms with Crippen LogP contribution in [0.15, 0.2) is 21.5 Å². The molecule has 1 aliphatic rings. The minimum atomic E-state index is -3.03. The van der Waals surface area contributed by atoms with Crippen LogP contribution < -0.4 is 9.64 Å². The quantitative estimate of drug-likeness (QED) is 0.587. The molecule has 1 aliphatic heterocycles. The molecule has 1 saturated heterocycles. The molecule has 0 aromatic carbocycles. The number of hydrogen-bond donors (Lipinski definition) is 0. The van der Waals surface area contributed by atoms with Crippen LogP contribution in [0.25, 0.3) is 0 Å². The summed E-state index contributed by atoms with van der Waals surface area (Å²) in [4.78, 5) is 31.0. The highest BCUT2D eigenvalue weighted by Gasteiger charge is 2.36. The molecule has 1 aromatic rings. The third-order valence-corrected chi connectivity index (χ3v) is 6.24. The van der Waals surface area contributed by atoms with Gasteiger partial charge in [-0.15, -0.1) is 0 Å². The first-order chi connectivity index (χ1) is 15.1. The Morgan fingerprint density at radius 3 is 2.12 bits per heavy atom. The number of rotatable bonds is 6. The normalized spacial score (nSPS) is 16.2. The Morgan fingerprint density at radius 1 is 1.15 bits per heavy atom. The number of carbonyl (C=O) groups is 2. The van der Waals surface area contributed by atoms with Crippen molar-refractivity contribution in [2.24, 2.45) is 10.3 Å². The number of ether oxygens (including phenoxy) is 4. The molecule has 10 nitrogen and oxygen atoms in total. The fraction of sp³-hybridized carbons (Fsp3) is 0.682. The summed E-state index contributed by atoms with van der Waals surface area (Å²) in [5.74, 6) is 0.615. The zero-order chi connectivity index (χ0) is 25.0. The molecule has 1 fully saturated rings. The van der Waals surface area contributed by atoms with Gasteiger partial charge in [0.2, 0.25) is 0 Å². The van der Waals surface area contributed by atoms with E-state index in [-0.39, 0.29) is 10.7 Å². The van der Waals surface area contributed by atoms with E-state index >= 15 is 0 Å². The first-order valence-electron chi connectivity index (χ1n) is 10.7. The molecule has 2 heterocycles. The summed E-state index contributed by atoms with van der Waals surface area (Å²) >= 11 is 0. The van der Waals surface area contributed by atoms with Crippen molar-refractivity contribution >= 4 is 27.7 Å². The number of carbonyl (C=O) groups excluding carboxylic acids is 2. The van der Waals surface area contributed by atoms with Crippen molar-refractivity contribution in [2.45, 2.75) is 64.1 Å². The van der Waals surface area contributed by atoms with Crippen LogP contribution in [-0.4, -0.2) is 65.7 Å². The molecule has 0 N–H and O–H groups in total. The van der Waals surface area contributed by atoms with Gasteiger partial charge in [-0.2, -0.15) is 4.90 Å². The maximum atomic E-state index is 13.3. The average Bonchev–Trinajstić information content (AvgIpc) is 2.61. The van der Waals surface area contributed by atoms with Crippen LogP contribution >= 0.6 is 0 Å². The van der Waals surface area contributed by atoms with Gasteiger partial charge in [0.25, 0.3) is 0 Å². The van der Waals surface area contributed by atoms with Crippen LogP contribution in [0.1, 0.15) is 48.0 Å². The molecular weight excluding hydrogens is 450 g/mol. The van der Waals surface area contributed by atoms with Gasteiger partial charge in [0, 0.05) is 25.3 Å². The topological polar surface area (TPSA) is 117 Å². The number of pyridine rings is 1. The molecule has 186 valence electrons. The Balaban J connectivity index is 2.48. The maximum absolute atomic E-state index is 13.3. The molecular formula is C22H35N3O7S. The van der Waals surface area contributed by atoms with Crippen molar-refractivity contribution in [2.75, 3.05) is 38.0 Å². The third kappa shape index (κ3) is 7.85. The summed E-state index contributed by atoms with van der Waals surface area (Å²) in [6.45, 7) is 11.9. The van der Waals surface area contributed by atoms with Gasteiger partial charge >= 0.3 is 12.2 Å². The highest BCUT2D eigenvalue weighted by Crippen LogP contribution is 2.31. The number of imide groups is 1. The first-order valence-corrected chi connectivity index (χ1v) is 12.6. The second kappa shape index (κ2) is 10.3. The second-order valence-corrected chi connectivity index (χ2v) is 12.2. The van der Waals surface area contributed by atoms with Gasteiger partial charge in [-0.1, -0.05) is 0 Å². The Morgan fingerprint density at radius 2 is 1.70 bits per heavy atom. The van der Waals surface area contributed by atoms with Crippen molar-refractivity contribution in [3.05, 3.63) is 12.3 Å². The molecule has 0 aliphatic carbocycles. The molecule has 33 heavy (non-hydrogen) atoms. The summed E-state index contributed by atoms with van der Waals surface area (Å²) in [5, 5.41) is 0. The highest BCUT2D eigenvalue weighted by molar-refractivity contribution is 7.93. The average molecular weight is 486 g/mol. The van der Waals surface area contributed by atoms with Crippen molar-refractivity contribution in [1.82, 2.24) is 4.98 Å². The molecule has 0 radical (unpaired) electrons. The molecule has 1 aromatic heterocycles. The molecule has 0 spiro atoms. The van der Waals surface area contributed by atoms with Gasteiger partial charge in [-0.25, -0.2) is 23.1 Å². The fourth-order valence-corrected chi connectivity index (χ4v) is 3.71. The highest BCUT2D eigenvalue weighted by atomic mass is 32.2. The predicted molar refractivity (Wildman–Crippen MR) is 124 cm³/mol. The van der Waals surface area contributed by atoms with Crippen LogP contribution in [-0.2, 0) is 23.9 Å². The summed E-state index contributed by atoms with van der Waals surface area (Å²) in [5.41, 5.74) is -1.79. The Hall–Kier alpha value is -2.40. The molecule has 2 amide bonds. The Kier molecular flexibility index (Phi) is 8.34. The number of amides is 2. The van der Waals surface area contributed by atoms with Crippen molar-refractivity contribution in [1.29, 1.82) is 0 Å². The van der Waals surface area contributed by atoms with E-state index < -0.39 is 33.1 Å². The lowest BCUT2D eigenvalue weighted by atomic mass is 10.1. The second-order valence-electron chi connectivity index (χ2n) is 9.81. The van der Waals surface area contributed by atoms with Gasteiger partial charge in [0.05, 0.1) is 40.6 Å². The van der Waals surface area contributed by atoms with Crippen molar-refractivity contribution in [3.63, 3.8) is 0 Å². The van der Waals surface area contributed by atoms with Gasteiger partial charge in [0.15, 0.2) is 5.82 Å². The van der Waals surface area contributed by atoms with Gasteiger partial charge in [0.1, 0.15) is 17.0 Å². The summed E-state index contributed by atoms with van der Waals surface area (Å²) in [6.07, 6.45) is 1.55. The molecule has 1 atom stereocenters. The molecule has 0 saturated carbocycles. The monoisotopic (exact) mass is 485 g/mol. The number of aromatic nitrogens is 1. The van der Waals surface area contributed by atoms with Gasteiger partial charge in [-0.05, 0) is 48.0 Å². The zero-order valence-electron chi connectivity index (χ0n) is 20.7. The lowest BCUT2D eigenvalue weighted by Crippen LogP contribution is -2.44. The first kappa shape index (κ1) is 26.8. The van der Waals surface area contributed by atoms with E-state index in [4.69, 9.17) is 18.9 Å². The van der Waals surface area contributed by atoms with Gasteiger partial charge < -0.3 is 18.9 Å². The van der Waals surface area contributed by atoms with E-state index in [0.717, 1.165) is 6.42 Å². The Labute approximate surface area is 196 Å². The molecule has 2 rings (SSSR count). The third-order valence-electron chi connectivity index (χ3n) is 4.43. The van der Waals surface area contributed by atoms with Crippen LogP contribution in [0.4, 0.5) is 15.4 Å². The zero-order valence-corrected chi connectivity index (χ0v) is 21.5. The number of hydrogen-bond acceptors (Lipinski definition) is 9. The number of nitrogens with zero attached hydrogens (tertiary/aromatic N) is 3. The van der Waals surface area contributed by atoms with E-state index in [1.165, 1.54) is 25.6 Å². The molecule has 11 heteroatoms. The van der Waals surface area contributed by atoms with Gasteiger partial charge in [-0.3, -0.25) is 0 Å². The predicted octanol–water partition coefficient (Wildman–Crippen LogP) is 4.26. The fourth-order valence-electron chi connectivity index (χ4n) is 2.70. The van der Waals surface area contributed by atoms with E-state index in [0.29, 0.717) is 36.4 Å². The summed E-state index contributed by atoms with van der Waals surface area (Å²) in [6, 6.07) is 1.48. The lowest BCUT2D eigenvalue weighted by Gasteiger charge is -2.29. The van der Waals surface area contributed by atoms with Crippen LogP contribution in [0.2, 0.25) is 0 Å². The summed E-state index contributed by atoms with van der Waals surface area (Å²) < 4.78 is 39.0. The van der Waals surface area contributed by atoms with Crippen LogP contribution in [0.3, 0.4) is 0 Å². The molecule has 1 unspecified atom stereocenters. The minimum Gasteiger partial charge on any atom is -0.492 e. The van der Waals surface area contributed by atoms with E-state index in [9.17, 15) is 13.8 Å². The SMILES string of the molecule is CN=S(C)(=O)c1cc(OCCC2COC2)cnc1N(C(=O)OC(C)(C)C)C(=O)OC(C)(C)C. The van der Waals surface area contributed by atoms with E-state index in [2.05, 4.69) is 9.35 Å². The van der Waals surface area contributed by atoms with Crippen molar-refractivity contribution in [3.8, 4) is 5.75 Å². The smallest absolute Gasteiger partial charge is 0.425 e. The van der Waals surface area contributed by atoms with Crippen LogP contribution in [0, 0.1) is 5.92 Å². The number of anilines is 1. The van der Waals surface area contributed by atoms with Crippen molar-refractivity contribution < 1.29 is 32.7 Å². The lowest BCUT2D eigenvalue weighted by molar-refractivity contribution is -0.0401.